The number of anilines is 1. The quantitative estimate of drug-likeness (QED) is 0.797. The maximum absolute atomic E-state index is 12.2. The first-order valence-electron chi connectivity index (χ1n) is 6.46. The molecule has 1 aliphatic rings. The van der Waals surface area contributed by atoms with E-state index in [1.54, 1.807) is 13.8 Å². The van der Waals surface area contributed by atoms with Crippen molar-refractivity contribution in [2.75, 3.05) is 5.23 Å². The van der Waals surface area contributed by atoms with Gasteiger partial charge in [0.05, 0.1) is 5.69 Å². The van der Waals surface area contributed by atoms with Crippen LogP contribution in [0.4, 0.5) is 5.69 Å². The third-order valence-electron chi connectivity index (χ3n) is 3.90. The zero-order valence-corrected chi connectivity index (χ0v) is 13.5. The monoisotopic (exact) mass is 330 g/mol. The number of hydrogen-bond acceptors (Lipinski definition) is 7. The summed E-state index contributed by atoms with van der Waals surface area (Å²) < 4.78 is 37.7. The highest BCUT2D eigenvalue weighted by Gasteiger charge is 2.54. The van der Waals surface area contributed by atoms with Crippen molar-refractivity contribution in [1.82, 2.24) is 0 Å². The molecule has 2 rings (SSSR count). The van der Waals surface area contributed by atoms with Gasteiger partial charge in [-0.2, -0.15) is 0 Å². The molecule has 0 fully saturated rings. The average Bonchev–Trinajstić information content (AvgIpc) is 2.36. The Morgan fingerprint density at radius 3 is 2.14 bits per heavy atom. The van der Waals surface area contributed by atoms with Gasteiger partial charge < -0.3 is 9.47 Å². The minimum atomic E-state index is -3.81. The second-order valence-electron chi connectivity index (χ2n) is 5.84. The molecular formula is C13H18N2O6S. The molecule has 0 bridgehead atoms. The van der Waals surface area contributed by atoms with Gasteiger partial charge in [0, 0.05) is 0 Å². The lowest BCUT2D eigenvalue weighted by atomic mass is 9.93. The van der Waals surface area contributed by atoms with E-state index in [1.807, 2.05) is 0 Å². The standard InChI is InChI=1S/C13H18N2O6S/c1-12(2)13(3,4)22(18,19)14-11(21-12)20-10-7-5-9(6-8-10)15(16)17/h5-8,16-17H,1-4H3. The molecule has 2 N–H and O–H groups in total. The van der Waals surface area contributed by atoms with E-state index in [1.165, 1.54) is 38.1 Å². The molecule has 0 amide bonds. The lowest BCUT2D eigenvalue weighted by molar-refractivity contribution is 0.0291. The van der Waals surface area contributed by atoms with Crippen molar-refractivity contribution in [3.63, 3.8) is 0 Å². The Labute approximate surface area is 128 Å². The lowest BCUT2D eigenvalue weighted by Gasteiger charge is -2.41. The Morgan fingerprint density at radius 1 is 1.14 bits per heavy atom. The molecule has 8 nitrogen and oxygen atoms in total. The maximum atomic E-state index is 12.2. The minimum absolute atomic E-state index is 0.0471. The third-order valence-corrected chi connectivity index (χ3v) is 6.08. The summed E-state index contributed by atoms with van der Waals surface area (Å²) in [7, 11) is -3.81. The molecule has 1 aliphatic heterocycles. The molecule has 0 radical (unpaired) electrons. The molecule has 122 valence electrons. The van der Waals surface area contributed by atoms with E-state index in [4.69, 9.17) is 19.9 Å². The number of ether oxygens (including phenoxy) is 2. The minimum Gasteiger partial charge on any atom is -0.442 e. The summed E-state index contributed by atoms with van der Waals surface area (Å²) in [6.07, 6.45) is -0.373. The summed E-state index contributed by atoms with van der Waals surface area (Å²) in [6, 6.07) is 5.56. The van der Waals surface area contributed by atoms with Crippen LogP contribution in [-0.2, 0) is 14.8 Å². The number of benzene rings is 1. The summed E-state index contributed by atoms with van der Waals surface area (Å²) in [4.78, 5) is 0. The zero-order chi connectivity index (χ0) is 16.8. The number of nitrogens with zero attached hydrogens (tertiary/aromatic N) is 2. The van der Waals surface area contributed by atoms with Crippen LogP contribution < -0.4 is 9.96 Å². The van der Waals surface area contributed by atoms with E-state index in [0.717, 1.165) is 0 Å². The molecule has 1 aromatic carbocycles. The van der Waals surface area contributed by atoms with E-state index >= 15 is 0 Å². The van der Waals surface area contributed by atoms with Gasteiger partial charge in [-0.05, 0) is 52.0 Å². The maximum Gasteiger partial charge on any atom is 0.405 e. The van der Waals surface area contributed by atoms with E-state index in [2.05, 4.69) is 4.40 Å². The Morgan fingerprint density at radius 2 is 1.68 bits per heavy atom. The molecular weight excluding hydrogens is 312 g/mol. The molecule has 1 aromatic rings. The van der Waals surface area contributed by atoms with Gasteiger partial charge in [-0.1, -0.05) is 4.40 Å². The molecule has 0 saturated heterocycles. The number of hydrogen-bond donors (Lipinski definition) is 2. The van der Waals surface area contributed by atoms with Crippen molar-refractivity contribution in [3.05, 3.63) is 24.3 Å². The van der Waals surface area contributed by atoms with Crippen molar-refractivity contribution in [2.24, 2.45) is 4.40 Å². The fraction of sp³-hybridized carbons (Fsp3) is 0.462. The van der Waals surface area contributed by atoms with Crippen LogP contribution in [0.25, 0.3) is 0 Å². The molecule has 0 aromatic heterocycles. The van der Waals surface area contributed by atoms with Crippen LogP contribution in [0.5, 0.6) is 5.75 Å². The second-order valence-corrected chi connectivity index (χ2v) is 7.99. The van der Waals surface area contributed by atoms with Gasteiger partial charge in [0.1, 0.15) is 16.1 Å². The van der Waals surface area contributed by atoms with Gasteiger partial charge in [0.15, 0.2) is 0 Å². The van der Waals surface area contributed by atoms with Crippen LogP contribution in [0.1, 0.15) is 27.7 Å². The van der Waals surface area contributed by atoms with Crippen LogP contribution >= 0.6 is 0 Å². The Kier molecular flexibility index (Phi) is 3.84. The van der Waals surface area contributed by atoms with Crippen LogP contribution in [-0.4, -0.2) is 35.3 Å². The number of sulfonamides is 1. The van der Waals surface area contributed by atoms with Crippen molar-refractivity contribution in [3.8, 4) is 5.75 Å². The summed E-state index contributed by atoms with van der Waals surface area (Å²) in [5.41, 5.74) is -0.913. The van der Waals surface area contributed by atoms with Crippen LogP contribution in [0.2, 0.25) is 0 Å². The first-order chi connectivity index (χ1) is 9.96. The highest BCUT2D eigenvalue weighted by atomic mass is 32.2. The first-order valence-corrected chi connectivity index (χ1v) is 7.90. The SMILES string of the molecule is CC1(C)OC(Oc2ccc(N(O)O)cc2)=NS(=O)(=O)C1(C)C. The lowest BCUT2D eigenvalue weighted by Crippen LogP contribution is -2.56. The fourth-order valence-electron chi connectivity index (χ4n) is 1.67. The predicted octanol–water partition coefficient (Wildman–Crippen LogP) is 1.92. The van der Waals surface area contributed by atoms with E-state index < -0.39 is 20.4 Å². The average molecular weight is 330 g/mol. The van der Waals surface area contributed by atoms with Crippen molar-refractivity contribution in [2.45, 2.75) is 38.0 Å². The van der Waals surface area contributed by atoms with Crippen LogP contribution in [0.15, 0.2) is 28.7 Å². The Balaban J connectivity index is 2.29. The van der Waals surface area contributed by atoms with Crippen molar-refractivity contribution >= 4 is 21.8 Å². The third kappa shape index (κ3) is 2.74. The highest BCUT2D eigenvalue weighted by Crippen LogP contribution is 2.38. The van der Waals surface area contributed by atoms with E-state index in [9.17, 15) is 8.42 Å². The van der Waals surface area contributed by atoms with Gasteiger partial charge in [-0.3, -0.25) is 10.4 Å². The predicted molar refractivity (Wildman–Crippen MR) is 78.7 cm³/mol. The van der Waals surface area contributed by atoms with E-state index in [-0.39, 0.29) is 22.7 Å². The molecule has 1 heterocycles. The summed E-state index contributed by atoms with van der Waals surface area (Å²) in [5.74, 6) is 0.245. The molecule has 0 spiro atoms. The highest BCUT2D eigenvalue weighted by molar-refractivity contribution is 7.91. The number of rotatable bonds is 2. The second kappa shape index (κ2) is 5.11. The normalized spacial score (nSPS) is 21.5. The van der Waals surface area contributed by atoms with E-state index in [0.29, 0.717) is 0 Å². The zero-order valence-electron chi connectivity index (χ0n) is 12.6. The van der Waals surface area contributed by atoms with Gasteiger partial charge >= 0.3 is 6.08 Å². The largest absolute Gasteiger partial charge is 0.442 e. The molecule has 0 aliphatic carbocycles. The topological polar surface area (TPSA) is 109 Å². The molecule has 22 heavy (non-hydrogen) atoms. The molecule has 9 heteroatoms. The Hall–Kier alpha value is -1.84. The van der Waals surface area contributed by atoms with Gasteiger partial charge in [-0.15, -0.1) is 5.23 Å². The molecule has 0 unspecified atom stereocenters. The molecule has 0 atom stereocenters. The fourth-order valence-corrected chi connectivity index (χ4v) is 2.83. The van der Waals surface area contributed by atoms with Gasteiger partial charge in [0.2, 0.25) is 0 Å². The van der Waals surface area contributed by atoms with Crippen LogP contribution in [0, 0.1) is 0 Å². The first kappa shape index (κ1) is 16.5. The van der Waals surface area contributed by atoms with Gasteiger partial charge in [-0.25, -0.2) is 8.42 Å². The van der Waals surface area contributed by atoms with Crippen molar-refractivity contribution in [1.29, 1.82) is 0 Å². The summed E-state index contributed by atoms with van der Waals surface area (Å²) in [6.45, 7) is 6.35. The summed E-state index contributed by atoms with van der Waals surface area (Å²) >= 11 is 0. The Bertz CT molecular complexity index is 692. The van der Waals surface area contributed by atoms with Crippen LogP contribution in [0.3, 0.4) is 0 Å². The van der Waals surface area contributed by atoms with Crippen molar-refractivity contribution < 1.29 is 28.3 Å². The van der Waals surface area contributed by atoms with Gasteiger partial charge in [0.25, 0.3) is 10.0 Å². The smallest absolute Gasteiger partial charge is 0.405 e. The summed E-state index contributed by atoms with van der Waals surface area (Å²) in [5, 5.41) is 17.7. The molecule has 0 saturated carbocycles.